The predicted octanol–water partition coefficient (Wildman–Crippen LogP) is 4.22. The number of hydrogen-bond acceptors (Lipinski definition) is 5. The molecule has 0 aliphatic heterocycles. The summed E-state index contributed by atoms with van der Waals surface area (Å²) in [6, 6.07) is 9.46. The SMILES string of the molecule is Cc1nc([C@]2(OCC3CC3)CC[C@@](C(=O)O)(c3ccccc3)CC2)n(CC2CC2)c1S(C)(=O)=O. The molecule has 1 aromatic heterocycles. The fourth-order valence-electron chi connectivity index (χ4n) is 5.56. The number of aliphatic carboxylic acids is 1. The van der Waals surface area contributed by atoms with Crippen LogP contribution in [0.2, 0.25) is 0 Å². The lowest BCUT2D eigenvalue weighted by Gasteiger charge is -2.44. The number of benzene rings is 1. The zero-order chi connectivity index (χ0) is 24.1. The normalized spacial score (nSPS) is 27.6. The highest BCUT2D eigenvalue weighted by atomic mass is 32.2. The van der Waals surface area contributed by atoms with Gasteiger partial charge in [-0.1, -0.05) is 30.3 Å². The number of ether oxygens (including phenoxy) is 1. The summed E-state index contributed by atoms with van der Waals surface area (Å²) in [5, 5.41) is 10.6. The minimum absolute atomic E-state index is 0.280. The molecule has 3 aliphatic carbocycles. The molecule has 1 N–H and O–H groups in total. The molecule has 1 heterocycles. The Hall–Kier alpha value is -2.19. The molecule has 0 amide bonds. The molecule has 0 unspecified atom stereocenters. The zero-order valence-electron chi connectivity index (χ0n) is 20.0. The molecule has 3 saturated carbocycles. The van der Waals surface area contributed by atoms with E-state index < -0.39 is 26.8 Å². The van der Waals surface area contributed by atoms with E-state index in [1.807, 2.05) is 34.9 Å². The van der Waals surface area contributed by atoms with E-state index >= 15 is 0 Å². The van der Waals surface area contributed by atoms with Crippen LogP contribution in [0.3, 0.4) is 0 Å². The fraction of sp³-hybridized carbons (Fsp3) is 0.615. The van der Waals surface area contributed by atoms with Crippen LogP contribution >= 0.6 is 0 Å². The Morgan fingerprint density at radius 3 is 2.24 bits per heavy atom. The molecule has 0 saturated heterocycles. The molecule has 0 radical (unpaired) electrons. The van der Waals surface area contributed by atoms with Gasteiger partial charge in [0.25, 0.3) is 0 Å². The molecule has 1 aromatic carbocycles. The second kappa shape index (κ2) is 8.48. The Balaban J connectivity index is 1.56. The standard InChI is InChI=1S/C26H34N2O5S/c1-18-22(34(2,31)32)28(16-19-8-9-19)23(27-18)26(33-17-20-10-11-20)14-12-25(13-15-26,24(29)30)21-6-4-3-5-7-21/h3-7,19-20H,8-17H2,1-2H3,(H,29,30)/t25-,26-. The lowest BCUT2D eigenvalue weighted by atomic mass is 9.65. The van der Waals surface area contributed by atoms with Crippen molar-refractivity contribution in [1.29, 1.82) is 0 Å². The van der Waals surface area contributed by atoms with Gasteiger partial charge in [0.2, 0.25) is 0 Å². The Labute approximate surface area is 201 Å². The lowest BCUT2D eigenvalue weighted by molar-refractivity contribution is -0.151. The number of carboxylic acids is 1. The maximum absolute atomic E-state index is 12.8. The molecule has 34 heavy (non-hydrogen) atoms. The highest BCUT2D eigenvalue weighted by Crippen LogP contribution is 2.51. The van der Waals surface area contributed by atoms with Crippen LogP contribution in [-0.2, 0) is 36.9 Å². The van der Waals surface area contributed by atoms with Gasteiger partial charge in [0.1, 0.15) is 11.4 Å². The van der Waals surface area contributed by atoms with Gasteiger partial charge < -0.3 is 14.4 Å². The fourth-order valence-corrected chi connectivity index (χ4v) is 6.70. The van der Waals surface area contributed by atoms with E-state index in [2.05, 4.69) is 0 Å². The van der Waals surface area contributed by atoms with Gasteiger partial charge in [-0.3, -0.25) is 4.79 Å². The molecule has 3 aliphatic rings. The van der Waals surface area contributed by atoms with Gasteiger partial charge in [-0.15, -0.1) is 0 Å². The molecule has 2 aromatic rings. The maximum Gasteiger partial charge on any atom is 0.314 e. The summed E-state index contributed by atoms with van der Waals surface area (Å²) in [7, 11) is -3.47. The van der Waals surface area contributed by atoms with E-state index in [9.17, 15) is 18.3 Å². The number of imidazole rings is 1. The number of carboxylic acid groups (broad SMARTS) is 1. The number of aromatic nitrogens is 2. The van der Waals surface area contributed by atoms with Gasteiger partial charge in [-0.05, 0) is 75.7 Å². The van der Waals surface area contributed by atoms with Crippen LogP contribution < -0.4 is 0 Å². The van der Waals surface area contributed by atoms with Crippen molar-refractivity contribution in [3.8, 4) is 0 Å². The van der Waals surface area contributed by atoms with Gasteiger partial charge >= 0.3 is 5.97 Å². The number of nitrogens with zero attached hydrogens (tertiary/aromatic N) is 2. The van der Waals surface area contributed by atoms with Crippen LogP contribution in [-0.4, -0.2) is 41.9 Å². The highest BCUT2D eigenvalue weighted by Gasteiger charge is 2.52. The zero-order valence-corrected chi connectivity index (χ0v) is 20.8. The average Bonchev–Trinajstić information content (AvgIpc) is 3.72. The van der Waals surface area contributed by atoms with Gasteiger partial charge in [-0.2, -0.15) is 0 Å². The minimum atomic E-state index is -3.47. The number of sulfone groups is 1. The Bertz CT molecular complexity index is 1170. The first-order valence-corrected chi connectivity index (χ1v) is 14.2. The van der Waals surface area contributed by atoms with E-state index in [4.69, 9.17) is 9.72 Å². The van der Waals surface area contributed by atoms with Gasteiger partial charge in [0.15, 0.2) is 14.9 Å². The first-order chi connectivity index (χ1) is 16.1. The largest absolute Gasteiger partial charge is 0.481 e. The minimum Gasteiger partial charge on any atom is -0.481 e. The van der Waals surface area contributed by atoms with Crippen molar-refractivity contribution in [1.82, 2.24) is 9.55 Å². The topological polar surface area (TPSA) is 98.5 Å². The van der Waals surface area contributed by atoms with Gasteiger partial charge in [0, 0.05) is 12.8 Å². The third-order valence-electron chi connectivity index (χ3n) is 7.92. The van der Waals surface area contributed by atoms with Crippen LogP contribution in [0, 0.1) is 18.8 Å². The molecular weight excluding hydrogens is 452 g/mol. The van der Waals surface area contributed by atoms with Crippen LogP contribution in [0.4, 0.5) is 0 Å². The summed E-state index contributed by atoms with van der Waals surface area (Å²) in [6.07, 6.45) is 7.52. The summed E-state index contributed by atoms with van der Waals surface area (Å²) in [5.41, 5.74) is -0.437. The molecule has 3 fully saturated rings. The summed E-state index contributed by atoms with van der Waals surface area (Å²) in [5.74, 6) is 0.840. The Morgan fingerprint density at radius 1 is 1.09 bits per heavy atom. The number of aryl methyl sites for hydroxylation is 1. The molecule has 8 heteroatoms. The molecule has 0 spiro atoms. The number of carbonyl (C=O) groups is 1. The molecular formula is C26H34N2O5S. The maximum atomic E-state index is 12.8. The van der Waals surface area contributed by atoms with E-state index in [1.54, 1.807) is 6.92 Å². The molecule has 5 rings (SSSR count). The third-order valence-corrected chi connectivity index (χ3v) is 9.14. The summed E-state index contributed by atoms with van der Waals surface area (Å²) in [4.78, 5) is 17.4. The Morgan fingerprint density at radius 2 is 1.71 bits per heavy atom. The predicted molar refractivity (Wildman–Crippen MR) is 127 cm³/mol. The van der Waals surface area contributed by atoms with Crippen LogP contribution in [0.15, 0.2) is 35.4 Å². The van der Waals surface area contributed by atoms with Gasteiger partial charge in [-0.25, -0.2) is 13.4 Å². The number of rotatable bonds is 9. The first-order valence-electron chi connectivity index (χ1n) is 12.4. The van der Waals surface area contributed by atoms with E-state index in [0.717, 1.165) is 31.2 Å². The Kier molecular flexibility index (Phi) is 5.88. The van der Waals surface area contributed by atoms with Crippen LogP contribution in [0.1, 0.15) is 68.4 Å². The third kappa shape index (κ3) is 4.31. The smallest absolute Gasteiger partial charge is 0.314 e. The van der Waals surface area contributed by atoms with Crippen molar-refractivity contribution in [2.75, 3.05) is 12.9 Å². The molecule has 0 bridgehead atoms. The van der Waals surface area contributed by atoms with Crippen LogP contribution in [0.5, 0.6) is 0 Å². The van der Waals surface area contributed by atoms with E-state index in [1.165, 1.54) is 6.26 Å². The molecule has 7 nitrogen and oxygen atoms in total. The van der Waals surface area contributed by atoms with Crippen molar-refractivity contribution >= 4 is 15.8 Å². The average molecular weight is 487 g/mol. The van der Waals surface area contributed by atoms with E-state index in [0.29, 0.717) is 62.2 Å². The quantitative estimate of drug-likeness (QED) is 0.570. The first kappa shape index (κ1) is 23.5. The van der Waals surface area contributed by atoms with Crippen molar-refractivity contribution in [3.63, 3.8) is 0 Å². The van der Waals surface area contributed by atoms with Gasteiger partial charge in [0.05, 0.1) is 17.7 Å². The highest BCUT2D eigenvalue weighted by molar-refractivity contribution is 7.90. The van der Waals surface area contributed by atoms with Crippen molar-refractivity contribution < 1.29 is 23.1 Å². The number of hydrogen-bond donors (Lipinski definition) is 1. The second-order valence-corrected chi connectivity index (χ2v) is 12.6. The molecule has 0 atom stereocenters. The monoisotopic (exact) mass is 486 g/mol. The summed E-state index contributed by atoms with van der Waals surface area (Å²) >= 11 is 0. The van der Waals surface area contributed by atoms with Crippen molar-refractivity contribution in [3.05, 3.63) is 47.4 Å². The van der Waals surface area contributed by atoms with Crippen LogP contribution in [0.25, 0.3) is 0 Å². The van der Waals surface area contributed by atoms with E-state index in [-0.39, 0.29) is 5.03 Å². The van der Waals surface area contributed by atoms with Crippen molar-refractivity contribution in [2.45, 2.75) is 80.9 Å². The lowest BCUT2D eigenvalue weighted by Crippen LogP contribution is -2.47. The summed E-state index contributed by atoms with van der Waals surface area (Å²) in [6.45, 7) is 2.98. The summed E-state index contributed by atoms with van der Waals surface area (Å²) < 4.78 is 34.0. The second-order valence-electron chi connectivity index (χ2n) is 10.7. The van der Waals surface area contributed by atoms with Crippen molar-refractivity contribution in [2.24, 2.45) is 11.8 Å². The molecule has 184 valence electrons.